The number of aliphatic hydroxyl groups excluding tert-OH is 1. The molecule has 34 heavy (non-hydrogen) atoms. The number of rotatable bonds is 2. The highest BCUT2D eigenvalue weighted by Crippen LogP contribution is 2.76. The number of aliphatic hydroxyl groups is 2. The molecule has 8 atom stereocenters. The number of Topliss-reactive ketones (excluding diaryl/α,β-unsaturated/α-hetero) is 1. The lowest BCUT2D eigenvalue weighted by Gasteiger charge is -2.73. The first kappa shape index (κ1) is 22.4. The van der Waals surface area contributed by atoms with Crippen molar-refractivity contribution in [3.63, 3.8) is 0 Å². The van der Waals surface area contributed by atoms with Gasteiger partial charge in [-0.05, 0) is 61.6 Å². The second kappa shape index (κ2) is 6.80. The van der Waals surface area contributed by atoms with Gasteiger partial charge >= 0.3 is 5.97 Å². The second-order valence-corrected chi connectivity index (χ2v) is 12.1. The Morgan fingerprint density at radius 2 is 2.00 bits per heavy atom. The van der Waals surface area contributed by atoms with Gasteiger partial charge in [-0.15, -0.1) is 0 Å². The van der Waals surface area contributed by atoms with Gasteiger partial charge in [0.1, 0.15) is 17.6 Å². The Bertz CT molecular complexity index is 1110. The van der Waals surface area contributed by atoms with Crippen molar-refractivity contribution in [3.05, 3.63) is 47.5 Å². The molecule has 4 saturated carbocycles. The molecule has 6 nitrogen and oxygen atoms in total. The van der Waals surface area contributed by atoms with Gasteiger partial charge in [0.2, 0.25) is 5.79 Å². The average Bonchev–Trinajstić information content (AvgIpc) is 2.90. The van der Waals surface area contributed by atoms with E-state index in [0.29, 0.717) is 24.2 Å². The summed E-state index contributed by atoms with van der Waals surface area (Å²) in [6.07, 6.45) is 1.97. The minimum absolute atomic E-state index is 0.200. The Kier molecular flexibility index (Phi) is 4.49. The van der Waals surface area contributed by atoms with E-state index in [4.69, 9.17) is 9.47 Å². The predicted octanol–water partition coefficient (Wildman–Crippen LogP) is 3.58. The lowest BCUT2D eigenvalue weighted by Crippen LogP contribution is -2.83. The van der Waals surface area contributed by atoms with Gasteiger partial charge in [0.15, 0.2) is 5.78 Å². The lowest BCUT2D eigenvalue weighted by atomic mass is 9.36. The van der Waals surface area contributed by atoms with E-state index in [1.54, 1.807) is 18.2 Å². The third-order valence-corrected chi connectivity index (χ3v) is 10.2. The molecule has 0 amide bonds. The summed E-state index contributed by atoms with van der Waals surface area (Å²) < 4.78 is 12.3. The molecule has 6 heteroatoms. The van der Waals surface area contributed by atoms with E-state index < -0.39 is 34.8 Å². The summed E-state index contributed by atoms with van der Waals surface area (Å²) in [6.45, 7) is 10.6. The van der Waals surface area contributed by atoms with E-state index in [0.717, 1.165) is 31.2 Å². The van der Waals surface area contributed by atoms with Crippen molar-refractivity contribution in [1.29, 1.82) is 0 Å². The summed E-state index contributed by atoms with van der Waals surface area (Å²) in [4.78, 5) is 27.4. The summed E-state index contributed by atoms with van der Waals surface area (Å²) in [5, 5.41) is 23.9. The maximum atomic E-state index is 14.1. The summed E-state index contributed by atoms with van der Waals surface area (Å²) in [5.41, 5.74) is -0.485. The molecule has 6 aliphatic rings. The van der Waals surface area contributed by atoms with Crippen LogP contribution in [-0.4, -0.2) is 46.6 Å². The molecule has 4 aliphatic carbocycles. The molecule has 6 fully saturated rings. The highest BCUT2D eigenvalue weighted by molar-refractivity contribution is 6.05. The van der Waals surface area contributed by atoms with Crippen LogP contribution >= 0.6 is 0 Å². The molecule has 182 valence electrons. The number of benzene rings is 1. The molecule has 2 N–H and O–H groups in total. The number of hydrogen-bond donors (Lipinski definition) is 2. The summed E-state index contributed by atoms with van der Waals surface area (Å²) in [6, 6.07) is 7.14. The van der Waals surface area contributed by atoms with E-state index in [9.17, 15) is 19.8 Å². The van der Waals surface area contributed by atoms with Crippen molar-refractivity contribution < 1.29 is 29.3 Å². The maximum absolute atomic E-state index is 14.1. The Balaban J connectivity index is 1.51. The Morgan fingerprint density at radius 1 is 1.24 bits per heavy atom. The normalized spacial score (nSPS) is 46.1. The number of hydrogen-bond acceptors (Lipinski definition) is 6. The molecule has 0 aromatic heterocycles. The van der Waals surface area contributed by atoms with Crippen LogP contribution in [0.1, 0.15) is 61.9 Å². The molecule has 0 unspecified atom stereocenters. The van der Waals surface area contributed by atoms with Crippen molar-refractivity contribution in [2.45, 2.75) is 70.9 Å². The topological polar surface area (TPSA) is 93.1 Å². The summed E-state index contributed by atoms with van der Waals surface area (Å²) >= 11 is 0. The summed E-state index contributed by atoms with van der Waals surface area (Å²) in [5.74, 6) is -3.78. The van der Waals surface area contributed by atoms with Crippen LogP contribution in [0.5, 0.6) is 0 Å². The van der Waals surface area contributed by atoms with Crippen LogP contribution in [0.2, 0.25) is 0 Å². The van der Waals surface area contributed by atoms with Crippen LogP contribution in [0.4, 0.5) is 0 Å². The number of esters is 1. The van der Waals surface area contributed by atoms with E-state index in [1.165, 1.54) is 0 Å². The standard InChI is InChI=1S/C28H34O6/c1-15-7-5-8-17(13-15)24(31)34-23-18-9-10-19-26-12-6-11-25(3,4)20(26)22(30)28(32,33-14-26)27(19,23)21(29)16(18)2/h5,7-8,13,18-20,22-23,30,32H,2,6,9-12,14H2,1,3-4H3/t18-,19-,20+,22-,23+,26+,27-,28+/m0/s1. The molecule has 4 bridgehead atoms. The SMILES string of the molecule is C=C1C(=O)[C@]23[C@H](OC(=O)c4cccc(C)c4)[C@H]1CC[C@H]2[C@]12CCCC(C)(C)[C@H]1[C@H](O)[C@@]3(O)OC2. The lowest BCUT2D eigenvalue weighted by molar-refractivity contribution is -0.448. The molecule has 1 aromatic rings. The fourth-order valence-electron chi connectivity index (χ4n) is 9.08. The van der Waals surface area contributed by atoms with Gasteiger partial charge in [-0.25, -0.2) is 4.79 Å². The molecular formula is C28H34O6. The first-order chi connectivity index (χ1) is 16.0. The van der Waals surface area contributed by atoms with Gasteiger partial charge in [-0.3, -0.25) is 4.79 Å². The minimum Gasteiger partial charge on any atom is -0.457 e. The predicted molar refractivity (Wildman–Crippen MR) is 124 cm³/mol. The van der Waals surface area contributed by atoms with E-state index in [-0.39, 0.29) is 29.0 Å². The molecule has 0 radical (unpaired) electrons. The first-order valence-corrected chi connectivity index (χ1v) is 12.6. The van der Waals surface area contributed by atoms with Gasteiger partial charge in [0, 0.05) is 17.3 Å². The van der Waals surface area contributed by atoms with Crippen LogP contribution in [0.15, 0.2) is 36.4 Å². The highest BCUT2D eigenvalue weighted by atomic mass is 16.6. The van der Waals surface area contributed by atoms with Gasteiger partial charge in [0.25, 0.3) is 0 Å². The number of carbonyl (C=O) groups excluding carboxylic acids is 2. The second-order valence-electron chi connectivity index (χ2n) is 12.1. The minimum atomic E-state index is -2.12. The fraction of sp³-hybridized carbons (Fsp3) is 0.643. The van der Waals surface area contributed by atoms with Crippen molar-refractivity contribution in [3.8, 4) is 0 Å². The maximum Gasteiger partial charge on any atom is 0.338 e. The van der Waals surface area contributed by atoms with Crippen molar-refractivity contribution in [2.75, 3.05) is 6.61 Å². The zero-order valence-corrected chi connectivity index (χ0v) is 20.2. The Labute approximate surface area is 200 Å². The molecule has 7 rings (SSSR count). The van der Waals surface area contributed by atoms with Crippen molar-refractivity contribution in [1.82, 2.24) is 0 Å². The fourth-order valence-corrected chi connectivity index (χ4v) is 9.08. The Morgan fingerprint density at radius 3 is 2.74 bits per heavy atom. The quantitative estimate of drug-likeness (QED) is 0.511. The average molecular weight is 467 g/mol. The van der Waals surface area contributed by atoms with E-state index >= 15 is 0 Å². The number of ketones is 1. The third-order valence-electron chi connectivity index (χ3n) is 10.2. The number of carbonyl (C=O) groups is 2. The zero-order valence-electron chi connectivity index (χ0n) is 20.2. The third kappa shape index (κ3) is 2.37. The highest BCUT2D eigenvalue weighted by Gasteiger charge is 2.86. The van der Waals surface area contributed by atoms with Gasteiger partial charge in [-0.2, -0.15) is 0 Å². The molecule has 1 aromatic carbocycles. The van der Waals surface area contributed by atoms with Crippen molar-refractivity contribution in [2.24, 2.45) is 34.0 Å². The summed E-state index contributed by atoms with van der Waals surface area (Å²) in [7, 11) is 0. The molecule has 2 spiro atoms. The van der Waals surface area contributed by atoms with Crippen LogP contribution < -0.4 is 0 Å². The zero-order chi connectivity index (χ0) is 24.3. The molecular weight excluding hydrogens is 432 g/mol. The Hall–Kier alpha value is -2.02. The molecule has 2 heterocycles. The molecule has 2 saturated heterocycles. The first-order valence-electron chi connectivity index (χ1n) is 12.6. The smallest absolute Gasteiger partial charge is 0.338 e. The van der Waals surface area contributed by atoms with E-state index in [1.807, 2.05) is 13.0 Å². The van der Waals surface area contributed by atoms with Gasteiger partial charge in [0.05, 0.1) is 12.2 Å². The van der Waals surface area contributed by atoms with Gasteiger partial charge < -0.3 is 19.7 Å². The number of fused-ring (bicyclic) bond motifs is 2. The van der Waals surface area contributed by atoms with Crippen LogP contribution in [0.25, 0.3) is 0 Å². The van der Waals surface area contributed by atoms with Crippen LogP contribution in [-0.2, 0) is 14.3 Å². The number of ether oxygens (including phenoxy) is 2. The van der Waals surface area contributed by atoms with Crippen molar-refractivity contribution >= 4 is 11.8 Å². The number of aryl methyl sites for hydroxylation is 1. The van der Waals surface area contributed by atoms with Gasteiger partial charge in [-0.1, -0.05) is 44.5 Å². The largest absolute Gasteiger partial charge is 0.457 e. The molecule has 2 aliphatic heterocycles. The van der Waals surface area contributed by atoms with Crippen LogP contribution in [0.3, 0.4) is 0 Å². The van der Waals surface area contributed by atoms with Crippen LogP contribution in [0, 0.1) is 40.9 Å². The monoisotopic (exact) mass is 466 g/mol. The van der Waals surface area contributed by atoms with E-state index in [2.05, 4.69) is 20.4 Å².